The van der Waals surface area contributed by atoms with Gasteiger partial charge in [0.2, 0.25) is 6.39 Å². The van der Waals surface area contributed by atoms with Crippen LogP contribution in [0.4, 0.5) is 0 Å². The smallest absolute Gasteiger partial charge is 0.270 e. The first-order chi connectivity index (χ1) is 11.3. The highest BCUT2D eigenvalue weighted by Crippen LogP contribution is 2.30. The number of aryl methyl sites for hydroxylation is 2. The molecule has 0 atom stereocenters. The molecule has 2 aromatic heterocycles. The second-order valence-corrected chi connectivity index (χ2v) is 6.06. The number of nitrogens with one attached hydrogen (secondary N) is 1. The Morgan fingerprint density at radius 2 is 2.09 bits per heavy atom. The molecule has 3 heterocycles. The highest BCUT2D eigenvalue weighted by Gasteiger charge is 2.40. The molecule has 7 heteroatoms. The predicted molar refractivity (Wildman–Crippen MR) is 79.8 cm³/mol. The summed E-state index contributed by atoms with van der Waals surface area (Å²) in [5.74, 6) is 0.293. The lowest BCUT2D eigenvalue weighted by molar-refractivity contribution is 0.0304. The van der Waals surface area contributed by atoms with Crippen molar-refractivity contribution < 1.29 is 14.1 Å². The van der Waals surface area contributed by atoms with Gasteiger partial charge in [0, 0.05) is 31.7 Å². The number of fused-ring (bicyclic) bond motifs is 1. The van der Waals surface area contributed by atoms with Gasteiger partial charge < -0.3 is 14.6 Å². The Morgan fingerprint density at radius 3 is 2.87 bits per heavy atom. The largest absolute Gasteiger partial charge is 0.381 e. The van der Waals surface area contributed by atoms with E-state index in [0.717, 1.165) is 25.0 Å². The topological polar surface area (TPSA) is 90.1 Å². The second kappa shape index (κ2) is 5.73. The van der Waals surface area contributed by atoms with E-state index in [1.807, 2.05) is 6.07 Å². The van der Waals surface area contributed by atoms with Gasteiger partial charge in [0.1, 0.15) is 11.2 Å². The van der Waals surface area contributed by atoms with E-state index < -0.39 is 5.54 Å². The molecule has 4 rings (SSSR count). The molecule has 0 aromatic carbocycles. The summed E-state index contributed by atoms with van der Waals surface area (Å²) in [5.41, 5.74) is 2.09. The Morgan fingerprint density at radius 1 is 1.22 bits per heavy atom. The number of pyridine rings is 1. The molecule has 1 amide bonds. The molecule has 7 nitrogen and oxygen atoms in total. The molecule has 2 aliphatic rings. The number of rotatable bonds is 3. The molecule has 0 saturated carbocycles. The number of hydrogen-bond acceptors (Lipinski definition) is 6. The molecular formula is C16H18N4O3. The lowest BCUT2D eigenvalue weighted by atomic mass is 9.89. The third-order valence-electron chi connectivity index (χ3n) is 4.65. The minimum absolute atomic E-state index is 0.202. The van der Waals surface area contributed by atoms with Crippen molar-refractivity contribution in [2.75, 3.05) is 13.2 Å². The van der Waals surface area contributed by atoms with Gasteiger partial charge in [0.25, 0.3) is 5.91 Å². The Kier molecular flexibility index (Phi) is 3.57. The molecule has 1 fully saturated rings. The van der Waals surface area contributed by atoms with Crippen molar-refractivity contribution in [2.45, 2.75) is 37.6 Å². The van der Waals surface area contributed by atoms with Crippen molar-refractivity contribution in [3.63, 3.8) is 0 Å². The summed E-state index contributed by atoms with van der Waals surface area (Å²) in [6.07, 6.45) is 5.62. The first-order valence-corrected chi connectivity index (χ1v) is 7.93. The predicted octanol–water partition coefficient (Wildman–Crippen LogP) is 1.39. The number of carbonyl (C=O) groups is 1. The summed E-state index contributed by atoms with van der Waals surface area (Å²) in [6, 6.07) is 3.80. The van der Waals surface area contributed by atoms with Crippen LogP contribution in [0.3, 0.4) is 0 Å². The molecular weight excluding hydrogens is 296 g/mol. The zero-order valence-electron chi connectivity index (χ0n) is 12.7. The highest BCUT2D eigenvalue weighted by atomic mass is 16.5. The van der Waals surface area contributed by atoms with Crippen molar-refractivity contribution in [1.82, 2.24) is 20.4 Å². The van der Waals surface area contributed by atoms with Crippen LogP contribution in [0.25, 0.3) is 0 Å². The van der Waals surface area contributed by atoms with Crippen LogP contribution in [-0.2, 0) is 23.1 Å². The maximum Gasteiger partial charge on any atom is 0.270 e. The van der Waals surface area contributed by atoms with E-state index in [-0.39, 0.29) is 5.91 Å². The molecule has 0 spiro atoms. The van der Waals surface area contributed by atoms with Crippen LogP contribution in [0.5, 0.6) is 0 Å². The van der Waals surface area contributed by atoms with Gasteiger partial charge in [-0.1, -0.05) is 11.2 Å². The summed E-state index contributed by atoms with van der Waals surface area (Å²) in [5, 5.41) is 7.02. The van der Waals surface area contributed by atoms with Gasteiger partial charge in [-0.25, -0.2) is 4.98 Å². The number of amides is 1. The molecule has 1 N–H and O–H groups in total. The zero-order chi connectivity index (χ0) is 15.7. The molecule has 0 unspecified atom stereocenters. The van der Waals surface area contributed by atoms with E-state index in [2.05, 4.69) is 20.4 Å². The summed E-state index contributed by atoms with van der Waals surface area (Å²) in [6.45, 7) is 1.10. The molecule has 0 bridgehead atoms. The first kappa shape index (κ1) is 14.3. The van der Waals surface area contributed by atoms with Crippen LogP contribution in [0.15, 0.2) is 23.0 Å². The quantitative estimate of drug-likeness (QED) is 0.920. The van der Waals surface area contributed by atoms with E-state index in [0.29, 0.717) is 37.6 Å². The van der Waals surface area contributed by atoms with Crippen molar-refractivity contribution in [3.8, 4) is 0 Å². The fraction of sp³-hybridized carbons (Fsp3) is 0.500. The number of nitrogens with zero attached hydrogens (tertiary/aromatic N) is 3. The lowest BCUT2D eigenvalue weighted by Gasteiger charge is -2.35. The summed E-state index contributed by atoms with van der Waals surface area (Å²) in [4.78, 5) is 21.4. The minimum Gasteiger partial charge on any atom is -0.381 e. The average molecular weight is 314 g/mol. The molecule has 1 aliphatic carbocycles. The van der Waals surface area contributed by atoms with E-state index in [1.165, 1.54) is 12.0 Å². The first-order valence-electron chi connectivity index (χ1n) is 7.93. The lowest BCUT2D eigenvalue weighted by Crippen LogP contribution is -2.50. The van der Waals surface area contributed by atoms with Crippen LogP contribution in [0.1, 0.15) is 46.8 Å². The summed E-state index contributed by atoms with van der Waals surface area (Å²) < 4.78 is 10.3. The van der Waals surface area contributed by atoms with Crippen molar-refractivity contribution in [2.24, 2.45) is 0 Å². The summed E-state index contributed by atoms with van der Waals surface area (Å²) in [7, 11) is 0. The van der Waals surface area contributed by atoms with Crippen molar-refractivity contribution in [1.29, 1.82) is 0 Å². The van der Waals surface area contributed by atoms with Crippen LogP contribution in [-0.4, -0.2) is 34.2 Å². The van der Waals surface area contributed by atoms with Crippen LogP contribution < -0.4 is 5.32 Å². The van der Waals surface area contributed by atoms with Gasteiger partial charge in [-0.05, 0) is 30.9 Å². The molecule has 2 aromatic rings. The van der Waals surface area contributed by atoms with E-state index in [1.54, 1.807) is 6.07 Å². The van der Waals surface area contributed by atoms with Gasteiger partial charge in [0.05, 0.1) is 0 Å². The molecule has 120 valence electrons. The maximum atomic E-state index is 12.7. The third kappa shape index (κ3) is 2.61. The van der Waals surface area contributed by atoms with E-state index in [4.69, 9.17) is 9.26 Å². The summed E-state index contributed by atoms with van der Waals surface area (Å²) >= 11 is 0. The SMILES string of the molecule is O=C(NC1(c2ncon2)CCOCC1)c1ccc2c(n1)CCC2. The molecule has 1 saturated heterocycles. The fourth-order valence-electron chi connectivity index (χ4n) is 3.33. The monoisotopic (exact) mass is 314 g/mol. The number of ether oxygens (including phenoxy) is 1. The van der Waals surface area contributed by atoms with Gasteiger partial charge >= 0.3 is 0 Å². The average Bonchev–Trinajstić information content (AvgIpc) is 3.26. The number of hydrogen-bond donors (Lipinski definition) is 1. The standard InChI is InChI=1S/C16H18N4O3/c21-14(13-5-4-11-2-1-3-12(11)18-13)19-16(6-8-22-9-7-16)15-17-10-23-20-15/h4-5,10H,1-3,6-9H2,(H,19,21). The second-order valence-electron chi connectivity index (χ2n) is 6.06. The van der Waals surface area contributed by atoms with Gasteiger partial charge in [-0.3, -0.25) is 4.79 Å². The molecule has 23 heavy (non-hydrogen) atoms. The van der Waals surface area contributed by atoms with Gasteiger partial charge in [-0.2, -0.15) is 4.98 Å². The Hall–Kier alpha value is -2.28. The Bertz CT molecular complexity index is 708. The highest BCUT2D eigenvalue weighted by molar-refractivity contribution is 5.93. The van der Waals surface area contributed by atoms with Crippen molar-refractivity contribution in [3.05, 3.63) is 41.3 Å². The van der Waals surface area contributed by atoms with Crippen LogP contribution >= 0.6 is 0 Å². The normalized spacial score (nSPS) is 19.3. The fourth-order valence-corrected chi connectivity index (χ4v) is 3.33. The van der Waals surface area contributed by atoms with Crippen LogP contribution in [0.2, 0.25) is 0 Å². The third-order valence-corrected chi connectivity index (χ3v) is 4.65. The minimum atomic E-state index is -0.650. The van der Waals surface area contributed by atoms with Crippen molar-refractivity contribution >= 4 is 5.91 Å². The van der Waals surface area contributed by atoms with Gasteiger partial charge in [0.15, 0.2) is 5.82 Å². The van der Waals surface area contributed by atoms with Gasteiger partial charge in [-0.15, -0.1) is 0 Å². The number of aromatic nitrogens is 3. The molecule has 1 aliphatic heterocycles. The van der Waals surface area contributed by atoms with Crippen LogP contribution in [0, 0.1) is 0 Å². The Balaban J connectivity index is 1.60. The Labute approximate surface area is 133 Å². The zero-order valence-corrected chi connectivity index (χ0v) is 12.7. The maximum absolute atomic E-state index is 12.7. The molecule has 0 radical (unpaired) electrons. The van der Waals surface area contributed by atoms with E-state index >= 15 is 0 Å². The van der Waals surface area contributed by atoms with E-state index in [9.17, 15) is 4.79 Å². The number of carbonyl (C=O) groups excluding carboxylic acids is 1.